The van der Waals surface area contributed by atoms with E-state index in [4.69, 9.17) is 10.2 Å². The molecule has 3 N–H and O–H groups in total. The predicted molar refractivity (Wildman–Crippen MR) is 71.3 cm³/mol. The van der Waals surface area contributed by atoms with Gasteiger partial charge in [0.15, 0.2) is 0 Å². The zero-order valence-corrected chi connectivity index (χ0v) is 11.1. The van der Waals surface area contributed by atoms with Crippen molar-refractivity contribution < 1.29 is 24.2 Å². The Morgan fingerprint density at radius 3 is 2.65 bits per heavy atom. The second kappa shape index (κ2) is 7.44. The molecule has 1 aromatic rings. The number of carboxylic acids is 1. The van der Waals surface area contributed by atoms with Gasteiger partial charge in [-0.2, -0.15) is 0 Å². The summed E-state index contributed by atoms with van der Waals surface area (Å²) >= 11 is 0. The van der Waals surface area contributed by atoms with Gasteiger partial charge in [-0.05, 0) is 31.5 Å². The monoisotopic (exact) mass is 284 g/mol. The highest BCUT2D eigenvalue weighted by Gasteiger charge is 2.14. The summed E-state index contributed by atoms with van der Waals surface area (Å²) < 4.78 is 13.2. The molecule has 0 fully saturated rings. The largest absolute Gasteiger partial charge is 0.478 e. The standard InChI is InChI=1S/C13H17FN2O4/c1-2-16(6-3-7-17)13(20)15-9-4-5-11(14)10(8-9)12(18)19/h4-5,8,17H,2-3,6-7H2,1H3,(H,15,20)(H,18,19). The van der Waals surface area contributed by atoms with Gasteiger partial charge in [-0.15, -0.1) is 0 Å². The highest BCUT2D eigenvalue weighted by molar-refractivity contribution is 5.93. The number of halogens is 1. The molecule has 0 spiro atoms. The number of hydrogen-bond donors (Lipinski definition) is 3. The van der Waals surface area contributed by atoms with Crippen molar-refractivity contribution in [2.75, 3.05) is 25.0 Å². The number of benzene rings is 1. The van der Waals surface area contributed by atoms with E-state index in [2.05, 4.69) is 5.32 Å². The van der Waals surface area contributed by atoms with Gasteiger partial charge in [0.2, 0.25) is 0 Å². The van der Waals surface area contributed by atoms with Crippen molar-refractivity contribution in [3.05, 3.63) is 29.6 Å². The first-order chi connectivity index (χ1) is 9.49. The van der Waals surface area contributed by atoms with E-state index in [9.17, 15) is 14.0 Å². The van der Waals surface area contributed by atoms with Crippen molar-refractivity contribution in [1.29, 1.82) is 0 Å². The number of aliphatic hydroxyl groups is 1. The van der Waals surface area contributed by atoms with Gasteiger partial charge in [0, 0.05) is 25.4 Å². The molecule has 0 aliphatic rings. The van der Waals surface area contributed by atoms with Crippen LogP contribution < -0.4 is 5.32 Å². The Morgan fingerprint density at radius 1 is 1.40 bits per heavy atom. The smallest absolute Gasteiger partial charge is 0.338 e. The maximum Gasteiger partial charge on any atom is 0.338 e. The van der Waals surface area contributed by atoms with Crippen molar-refractivity contribution >= 4 is 17.7 Å². The van der Waals surface area contributed by atoms with Crippen LogP contribution in [0.3, 0.4) is 0 Å². The lowest BCUT2D eigenvalue weighted by molar-refractivity contribution is 0.0692. The van der Waals surface area contributed by atoms with Gasteiger partial charge in [0.25, 0.3) is 0 Å². The number of carboxylic acid groups (broad SMARTS) is 1. The molecule has 0 unspecified atom stereocenters. The fraction of sp³-hybridized carbons (Fsp3) is 0.385. The van der Waals surface area contributed by atoms with E-state index in [1.54, 1.807) is 6.92 Å². The summed E-state index contributed by atoms with van der Waals surface area (Å²) in [6, 6.07) is 2.92. The van der Waals surface area contributed by atoms with E-state index in [0.717, 1.165) is 12.1 Å². The summed E-state index contributed by atoms with van der Waals surface area (Å²) in [5, 5.41) is 20.0. The summed E-state index contributed by atoms with van der Waals surface area (Å²) in [6.07, 6.45) is 0.449. The van der Waals surface area contributed by atoms with Gasteiger partial charge in [0.1, 0.15) is 5.82 Å². The number of rotatable bonds is 6. The van der Waals surface area contributed by atoms with Gasteiger partial charge in [-0.3, -0.25) is 0 Å². The molecule has 0 aliphatic carbocycles. The Labute approximate surface area is 115 Å². The summed E-state index contributed by atoms with van der Waals surface area (Å²) in [7, 11) is 0. The van der Waals surface area contributed by atoms with Crippen molar-refractivity contribution in [3.63, 3.8) is 0 Å². The van der Waals surface area contributed by atoms with Crippen LogP contribution in [0.5, 0.6) is 0 Å². The second-order valence-electron chi connectivity index (χ2n) is 4.09. The van der Waals surface area contributed by atoms with Crippen LogP contribution in [0.1, 0.15) is 23.7 Å². The Bertz CT molecular complexity index is 493. The zero-order chi connectivity index (χ0) is 15.1. The van der Waals surface area contributed by atoms with Crippen LogP contribution in [0.25, 0.3) is 0 Å². The van der Waals surface area contributed by atoms with Crippen molar-refractivity contribution in [3.8, 4) is 0 Å². The third-order valence-electron chi connectivity index (χ3n) is 2.70. The lowest BCUT2D eigenvalue weighted by Gasteiger charge is -2.21. The van der Waals surface area contributed by atoms with E-state index in [0.29, 0.717) is 19.5 Å². The van der Waals surface area contributed by atoms with Crippen LogP contribution in [0.4, 0.5) is 14.9 Å². The molecule has 0 aliphatic heterocycles. The number of urea groups is 1. The van der Waals surface area contributed by atoms with E-state index in [1.165, 1.54) is 11.0 Å². The number of amides is 2. The van der Waals surface area contributed by atoms with Crippen LogP contribution in [0.15, 0.2) is 18.2 Å². The molecule has 1 rings (SSSR count). The molecule has 20 heavy (non-hydrogen) atoms. The molecule has 0 radical (unpaired) electrons. The Kier molecular flexibility index (Phi) is 5.92. The van der Waals surface area contributed by atoms with E-state index in [-0.39, 0.29) is 12.3 Å². The Hall–Kier alpha value is -2.15. The van der Waals surface area contributed by atoms with Crippen LogP contribution in [-0.4, -0.2) is 46.8 Å². The number of aromatic carboxylic acids is 1. The average Bonchev–Trinajstić information content (AvgIpc) is 2.41. The summed E-state index contributed by atoms with van der Waals surface area (Å²) in [5.74, 6) is -2.26. The first kappa shape index (κ1) is 15.9. The normalized spacial score (nSPS) is 10.2. The fourth-order valence-corrected chi connectivity index (χ4v) is 1.63. The third-order valence-corrected chi connectivity index (χ3v) is 2.70. The molecule has 0 heterocycles. The third kappa shape index (κ3) is 4.20. The molecule has 0 saturated carbocycles. The van der Waals surface area contributed by atoms with Gasteiger partial charge in [0.05, 0.1) is 5.56 Å². The molecule has 7 heteroatoms. The van der Waals surface area contributed by atoms with Gasteiger partial charge in [-0.1, -0.05) is 0 Å². The van der Waals surface area contributed by atoms with Crippen LogP contribution in [-0.2, 0) is 0 Å². The van der Waals surface area contributed by atoms with Gasteiger partial charge >= 0.3 is 12.0 Å². The van der Waals surface area contributed by atoms with Gasteiger partial charge in [-0.25, -0.2) is 14.0 Å². The van der Waals surface area contributed by atoms with E-state index in [1.807, 2.05) is 0 Å². The maximum atomic E-state index is 13.2. The minimum Gasteiger partial charge on any atom is -0.478 e. The SMILES string of the molecule is CCN(CCCO)C(=O)Nc1ccc(F)c(C(=O)O)c1. The van der Waals surface area contributed by atoms with Crippen molar-refractivity contribution in [2.24, 2.45) is 0 Å². The minimum absolute atomic E-state index is 0.0243. The number of anilines is 1. The molecular formula is C13H17FN2O4. The summed E-state index contributed by atoms with van der Waals surface area (Å²) in [4.78, 5) is 24.2. The minimum atomic E-state index is -1.40. The number of aliphatic hydroxyl groups excluding tert-OH is 1. The average molecular weight is 284 g/mol. The van der Waals surface area contributed by atoms with E-state index < -0.39 is 23.4 Å². The molecule has 0 aromatic heterocycles. The zero-order valence-electron chi connectivity index (χ0n) is 11.1. The Morgan fingerprint density at radius 2 is 2.10 bits per heavy atom. The van der Waals surface area contributed by atoms with Gasteiger partial charge < -0.3 is 20.4 Å². The number of nitrogens with zero attached hydrogens (tertiary/aromatic N) is 1. The summed E-state index contributed by atoms with van der Waals surface area (Å²) in [5.41, 5.74) is -0.294. The Balaban J connectivity index is 2.79. The number of carbonyl (C=O) groups is 2. The molecule has 0 bridgehead atoms. The predicted octanol–water partition coefficient (Wildman–Crippen LogP) is 1.76. The lowest BCUT2D eigenvalue weighted by Crippen LogP contribution is -2.35. The first-order valence-corrected chi connectivity index (χ1v) is 6.19. The molecule has 2 amide bonds. The molecule has 6 nitrogen and oxygen atoms in total. The molecule has 1 aromatic carbocycles. The number of nitrogens with one attached hydrogen (secondary N) is 1. The number of hydrogen-bond acceptors (Lipinski definition) is 3. The second-order valence-corrected chi connectivity index (χ2v) is 4.09. The highest BCUT2D eigenvalue weighted by atomic mass is 19.1. The lowest BCUT2D eigenvalue weighted by atomic mass is 10.2. The fourth-order valence-electron chi connectivity index (χ4n) is 1.63. The van der Waals surface area contributed by atoms with Crippen LogP contribution in [0, 0.1) is 5.82 Å². The van der Waals surface area contributed by atoms with Crippen LogP contribution in [0.2, 0.25) is 0 Å². The van der Waals surface area contributed by atoms with Crippen molar-refractivity contribution in [2.45, 2.75) is 13.3 Å². The van der Waals surface area contributed by atoms with Crippen molar-refractivity contribution in [1.82, 2.24) is 4.90 Å². The molecular weight excluding hydrogens is 267 g/mol. The molecule has 110 valence electrons. The molecule has 0 atom stereocenters. The molecule has 0 saturated heterocycles. The summed E-state index contributed by atoms with van der Waals surface area (Å²) in [6.45, 7) is 2.58. The maximum absolute atomic E-state index is 13.2. The first-order valence-electron chi connectivity index (χ1n) is 6.19. The number of carbonyl (C=O) groups excluding carboxylic acids is 1. The topological polar surface area (TPSA) is 89.9 Å². The highest BCUT2D eigenvalue weighted by Crippen LogP contribution is 2.15. The van der Waals surface area contributed by atoms with E-state index >= 15 is 0 Å². The quantitative estimate of drug-likeness (QED) is 0.742. The van der Waals surface area contributed by atoms with Crippen LogP contribution >= 0.6 is 0 Å².